The van der Waals surface area contributed by atoms with Crippen molar-refractivity contribution in [1.82, 2.24) is 9.55 Å². The van der Waals surface area contributed by atoms with E-state index in [0.717, 1.165) is 4.57 Å². The number of hydrogen-bond donors (Lipinski definition) is 4. The first-order valence-corrected chi connectivity index (χ1v) is 5.43. The average molecular weight is 267 g/mol. The van der Waals surface area contributed by atoms with E-state index in [1.165, 1.54) is 12.3 Å². The van der Waals surface area contributed by atoms with Crippen molar-refractivity contribution in [2.75, 3.05) is 12.3 Å². The Hall–Kier alpha value is -1.92. The van der Waals surface area contributed by atoms with Crippen LogP contribution >= 0.6 is 0 Å². The van der Waals surface area contributed by atoms with Crippen LogP contribution in [0.2, 0.25) is 0 Å². The topological polar surface area (TPSA) is 131 Å². The van der Waals surface area contributed by atoms with E-state index in [4.69, 9.17) is 22.0 Å². The number of hydrogen-bond acceptors (Lipinski definition) is 7. The molecule has 19 heavy (non-hydrogen) atoms. The van der Waals surface area contributed by atoms with Crippen molar-refractivity contribution in [2.45, 2.75) is 24.0 Å². The van der Waals surface area contributed by atoms with Gasteiger partial charge in [-0.25, -0.2) is 4.79 Å². The van der Waals surface area contributed by atoms with Gasteiger partial charge in [-0.05, 0) is 6.07 Å². The first kappa shape index (κ1) is 13.5. The molecular formula is C11H13N3O5. The highest BCUT2D eigenvalue weighted by Crippen LogP contribution is 2.35. The molecule has 0 amide bonds. The standard InChI is InChI=1S/C11H13N3O5/c1-2-11(18)6(5-15)19-9(8(11)16)14-4-3-7(12)13-10(14)17/h1,3-4,6,8-9,15-16,18H,5H2,(H2,12,13,17)/t6-,8+,9+,11-/m0/s1. The van der Waals surface area contributed by atoms with Gasteiger partial charge in [0.25, 0.3) is 0 Å². The summed E-state index contributed by atoms with van der Waals surface area (Å²) in [6, 6.07) is 1.33. The van der Waals surface area contributed by atoms with E-state index in [0.29, 0.717) is 0 Å². The van der Waals surface area contributed by atoms with Gasteiger partial charge in [0.05, 0.1) is 6.61 Å². The van der Waals surface area contributed by atoms with Crippen molar-refractivity contribution in [1.29, 1.82) is 0 Å². The summed E-state index contributed by atoms with van der Waals surface area (Å²) >= 11 is 0. The Morgan fingerprint density at radius 3 is 2.84 bits per heavy atom. The minimum atomic E-state index is -2.08. The van der Waals surface area contributed by atoms with Gasteiger partial charge in [-0.1, -0.05) is 5.92 Å². The van der Waals surface area contributed by atoms with Crippen LogP contribution in [0.15, 0.2) is 17.1 Å². The lowest BCUT2D eigenvalue weighted by Gasteiger charge is -2.23. The first-order valence-electron chi connectivity index (χ1n) is 5.43. The molecule has 1 fully saturated rings. The molecule has 0 saturated carbocycles. The molecule has 0 unspecified atom stereocenters. The van der Waals surface area contributed by atoms with Crippen LogP contribution in [0.1, 0.15) is 6.23 Å². The Kier molecular flexibility index (Phi) is 3.30. The summed E-state index contributed by atoms with van der Waals surface area (Å²) in [5.41, 5.74) is 2.50. The average Bonchev–Trinajstić information content (AvgIpc) is 2.63. The molecule has 0 bridgehead atoms. The Morgan fingerprint density at radius 1 is 1.68 bits per heavy atom. The number of nitrogen functional groups attached to an aromatic ring is 1. The number of nitrogens with two attached hydrogens (primary N) is 1. The maximum atomic E-state index is 11.7. The molecule has 8 nitrogen and oxygen atoms in total. The van der Waals surface area contributed by atoms with Gasteiger partial charge in [0.15, 0.2) is 11.8 Å². The summed E-state index contributed by atoms with van der Waals surface area (Å²) < 4.78 is 6.17. The zero-order valence-electron chi connectivity index (χ0n) is 9.80. The molecule has 0 aliphatic carbocycles. The Morgan fingerprint density at radius 2 is 2.37 bits per heavy atom. The van der Waals surface area contributed by atoms with Gasteiger partial charge in [0.2, 0.25) is 0 Å². The number of nitrogens with zero attached hydrogens (tertiary/aromatic N) is 2. The molecule has 102 valence electrons. The molecule has 2 rings (SSSR count). The van der Waals surface area contributed by atoms with Gasteiger partial charge in [-0.2, -0.15) is 4.98 Å². The van der Waals surface area contributed by atoms with Gasteiger partial charge in [0, 0.05) is 6.20 Å². The second-order valence-electron chi connectivity index (χ2n) is 4.15. The van der Waals surface area contributed by atoms with Crippen LogP contribution in [0.3, 0.4) is 0 Å². The number of aromatic nitrogens is 2. The molecule has 1 aliphatic rings. The number of ether oxygens (including phenoxy) is 1. The third-order valence-electron chi connectivity index (χ3n) is 3.04. The van der Waals surface area contributed by atoms with Crippen LogP contribution < -0.4 is 11.4 Å². The van der Waals surface area contributed by atoms with Gasteiger partial charge < -0.3 is 25.8 Å². The molecule has 8 heteroatoms. The number of aliphatic hydroxyl groups excluding tert-OH is 2. The monoisotopic (exact) mass is 267 g/mol. The molecule has 5 N–H and O–H groups in total. The maximum absolute atomic E-state index is 11.7. The van der Waals surface area contributed by atoms with Crippen LogP contribution in [0.5, 0.6) is 0 Å². The largest absolute Gasteiger partial charge is 0.394 e. The van der Waals surface area contributed by atoms with Crippen LogP contribution in [0.25, 0.3) is 0 Å². The minimum Gasteiger partial charge on any atom is -0.394 e. The predicted octanol–water partition coefficient (Wildman–Crippen LogP) is -2.56. The number of rotatable bonds is 2. The summed E-state index contributed by atoms with van der Waals surface area (Å²) in [7, 11) is 0. The Balaban J connectivity index is 2.43. The summed E-state index contributed by atoms with van der Waals surface area (Å²) in [5, 5.41) is 29.2. The molecule has 0 radical (unpaired) electrons. The SMILES string of the molecule is C#C[C@]1(O)[C@H](CO)O[C@@H](n2ccc(N)nc2=O)[C@H]1O. The van der Waals surface area contributed by atoms with Crippen LogP contribution in [0.4, 0.5) is 5.82 Å². The molecule has 1 aromatic heterocycles. The highest BCUT2D eigenvalue weighted by Gasteiger charge is 2.55. The lowest BCUT2D eigenvalue weighted by Crippen LogP contribution is -2.48. The maximum Gasteiger partial charge on any atom is 0.351 e. The number of anilines is 1. The third kappa shape index (κ3) is 1.98. The molecule has 4 atom stereocenters. The lowest BCUT2D eigenvalue weighted by atomic mass is 9.93. The zero-order valence-corrected chi connectivity index (χ0v) is 9.80. The fraction of sp³-hybridized carbons (Fsp3) is 0.455. The van der Waals surface area contributed by atoms with E-state index >= 15 is 0 Å². The van der Waals surface area contributed by atoms with Crippen LogP contribution in [0, 0.1) is 12.3 Å². The fourth-order valence-corrected chi connectivity index (χ4v) is 1.95. The molecule has 1 aliphatic heterocycles. The van der Waals surface area contributed by atoms with E-state index in [1.54, 1.807) is 0 Å². The van der Waals surface area contributed by atoms with Crippen molar-refractivity contribution < 1.29 is 20.1 Å². The second kappa shape index (κ2) is 4.64. The van der Waals surface area contributed by atoms with E-state index < -0.39 is 36.3 Å². The summed E-state index contributed by atoms with van der Waals surface area (Å²) in [5.74, 6) is 2.00. The van der Waals surface area contributed by atoms with Crippen molar-refractivity contribution >= 4 is 5.82 Å². The number of aliphatic hydroxyl groups is 3. The normalized spacial score (nSPS) is 34.1. The Labute approximate surface area is 108 Å². The van der Waals surface area contributed by atoms with Gasteiger partial charge in [-0.15, -0.1) is 6.42 Å². The van der Waals surface area contributed by atoms with Crippen molar-refractivity contribution in [3.05, 3.63) is 22.7 Å². The number of terminal acetylenes is 1. The van der Waals surface area contributed by atoms with Crippen LogP contribution in [-0.2, 0) is 4.74 Å². The molecule has 0 spiro atoms. The molecule has 1 saturated heterocycles. The van der Waals surface area contributed by atoms with E-state index in [2.05, 4.69) is 4.98 Å². The smallest absolute Gasteiger partial charge is 0.351 e. The van der Waals surface area contributed by atoms with E-state index in [9.17, 15) is 15.0 Å². The van der Waals surface area contributed by atoms with Gasteiger partial charge in [0.1, 0.15) is 18.0 Å². The van der Waals surface area contributed by atoms with Crippen molar-refractivity contribution in [3.63, 3.8) is 0 Å². The summed E-state index contributed by atoms with van der Waals surface area (Å²) in [6.45, 7) is -0.606. The quantitative estimate of drug-likeness (QED) is 0.433. The van der Waals surface area contributed by atoms with E-state index in [1.807, 2.05) is 5.92 Å². The second-order valence-corrected chi connectivity index (χ2v) is 4.15. The summed E-state index contributed by atoms with van der Waals surface area (Å²) in [6.07, 6.45) is 2.37. The summed E-state index contributed by atoms with van der Waals surface area (Å²) in [4.78, 5) is 15.1. The van der Waals surface area contributed by atoms with Crippen molar-refractivity contribution in [2.24, 2.45) is 0 Å². The lowest BCUT2D eigenvalue weighted by molar-refractivity contribution is -0.0624. The predicted molar refractivity (Wildman–Crippen MR) is 63.7 cm³/mol. The highest BCUT2D eigenvalue weighted by molar-refractivity contribution is 5.24. The van der Waals surface area contributed by atoms with Gasteiger partial charge in [-0.3, -0.25) is 4.57 Å². The Bertz CT molecular complexity index is 580. The van der Waals surface area contributed by atoms with E-state index in [-0.39, 0.29) is 5.82 Å². The minimum absolute atomic E-state index is 0.0136. The third-order valence-corrected chi connectivity index (χ3v) is 3.04. The van der Waals surface area contributed by atoms with Crippen molar-refractivity contribution in [3.8, 4) is 12.3 Å². The molecular weight excluding hydrogens is 254 g/mol. The molecule has 2 heterocycles. The highest BCUT2D eigenvalue weighted by atomic mass is 16.6. The molecule has 0 aromatic carbocycles. The zero-order chi connectivity index (χ0) is 14.2. The first-order chi connectivity index (χ1) is 8.93. The van der Waals surface area contributed by atoms with Gasteiger partial charge >= 0.3 is 5.69 Å². The molecule has 1 aromatic rings. The fourth-order valence-electron chi connectivity index (χ4n) is 1.95. The van der Waals surface area contributed by atoms with Crippen LogP contribution in [-0.4, -0.2) is 49.3 Å².